The van der Waals surface area contributed by atoms with Gasteiger partial charge in [0.15, 0.2) is 0 Å². The van der Waals surface area contributed by atoms with Gasteiger partial charge in [-0.3, -0.25) is 4.72 Å². The summed E-state index contributed by atoms with van der Waals surface area (Å²) in [6, 6.07) is 0. The number of aliphatic hydroxyl groups is 1. The number of hydrogen-bond acceptors (Lipinski definition) is 6. The summed E-state index contributed by atoms with van der Waals surface area (Å²) in [5.41, 5.74) is 0. The molecule has 124 valence electrons. The molecular formula is C15H24N2O4S. The third-order valence-corrected chi connectivity index (χ3v) is 4.65. The molecule has 2 rings (SSSR count). The van der Waals surface area contributed by atoms with Crippen LogP contribution in [0.3, 0.4) is 0 Å². The van der Waals surface area contributed by atoms with E-state index in [0.29, 0.717) is 44.1 Å². The smallest absolute Gasteiger partial charge is 0.418 e. The average molecular weight is 328 g/mol. The second-order valence-electron chi connectivity index (χ2n) is 5.46. The zero-order chi connectivity index (χ0) is 15.6. The van der Waals surface area contributed by atoms with Crippen molar-refractivity contribution < 1.29 is 19.4 Å². The molecule has 3 N–H and O–H groups in total. The third-order valence-electron chi connectivity index (χ3n) is 4.04. The van der Waals surface area contributed by atoms with Gasteiger partial charge in [-0.2, -0.15) is 0 Å². The van der Waals surface area contributed by atoms with Crippen molar-refractivity contribution in [1.82, 2.24) is 9.44 Å². The summed E-state index contributed by atoms with van der Waals surface area (Å²) in [6.45, 7) is 1.92. The molecule has 2 atom stereocenters. The molecule has 0 aromatic rings. The largest absolute Gasteiger partial charge is 0.449 e. The lowest BCUT2D eigenvalue weighted by Gasteiger charge is -2.07. The Morgan fingerprint density at radius 1 is 1.23 bits per heavy atom. The Labute approximate surface area is 136 Å². The number of ether oxygens (including phenoxy) is 2. The van der Waals surface area contributed by atoms with Crippen molar-refractivity contribution in [1.29, 1.82) is 0 Å². The molecule has 22 heavy (non-hydrogen) atoms. The topological polar surface area (TPSA) is 79.8 Å². The minimum atomic E-state index is -0.413. The van der Waals surface area contributed by atoms with Crippen LogP contribution in [0, 0.1) is 29.6 Å². The van der Waals surface area contributed by atoms with Crippen molar-refractivity contribution in [3.8, 4) is 11.8 Å². The van der Waals surface area contributed by atoms with Crippen molar-refractivity contribution >= 4 is 18.2 Å². The number of nitrogens with one attached hydrogen (secondary N) is 2. The number of amides is 1. The van der Waals surface area contributed by atoms with Gasteiger partial charge in [-0.05, 0) is 30.6 Å². The van der Waals surface area contributed by atoms with Crippen molar-refractivity contribution in [2.24, 2.45) is 17.8 Å². The Morgan fingerprint density at radius 2 is 1.95 bits per heavy atom. The molecule has 1 amide bonds. The first-order chi connectivity index (χ1) is 10.8. The molecule has 7 heteroatoms. The van der Waals surface area contributed by atoms with Crippen LogP contribution in [0.15, 0.2) is 0 Å². The SMILES string of the molecule is O=C(NSNCCOCCO)OCC1C2CCC#CCCC21. The highest BCUT2D eigenvalue weighted by atomic mass is 32.2. The molecule has 2 unspecified atom stereocenters. The Bertz CT molecular complexity index is 392. The number of carbonyl (C=O) groups is 1. The van der Waals surface area contributed by atoms with Crippen molar-refractivity contribution in [3.05, 3.63) is 0 Å². The highest BCUT2D eigenvalue weighted by Crippen LogP contribution is 2.52. The highest BCUT2D eigenvalue weighted by molar-refractivity contribution is 7.96. The van der Waals surface area contributed by atoms with Crippen molar-refractivity contribution in [3.63, 3.8) is 0 Å². The summed E-state index contributed by atoms with van der Waals surface area (Å²) in [7, 11) is 0. The normalized spacial score (nSPS) is 26.0. The first-order valence-corrected chi connectivity index (χ1v) is 8.60. The number of aliphatic hydroxyl groups excluding tert-OH is 1. The summed E-state index contributed by atoms with van der Waals surface area (Å²) < 4.78 is 15.8. The Balaban J connectivity index is 1.47. The van der Waals surface area contributed by atoms with Crippen LogP contribution < -0.4 is 9.44 Å². The zero-order valence-electron chi connectivity index (χ0n) is 12.7. The molecule has 2 aliphatic rings. The van der Waals surface area contributed by atoms with Crippen LogP contribution in [0.2, 0.25) is 0 Å². The molecular weight excluding hydrogens is 304 g/mol. The standard InChI is InChI=1S/C15H24N2O4S/c18-8-10-20-9-7-16-22-17-15(19)21-11-14-12-5-3-1-2-4-6-13(12)14/h12-14,16,18H,3-11H2,(H,17,19). The van der Waals surface area contributed by atoms with Gasteiger partial charge in [-0.25, -0.2) is 9.52 Å². The third kappa shape index (κ3) is 6.05. The van der Waals surface area contributed by atoms with Gasteiger partial charge in [0, 0.05) is 31.5 Å². The molecule has 2 aliphatic carbocycles. The van der Waals surface area contributed by atoms with E-state index >= 15 is 0 Å². The van der Waals surface area contributed by atoms with Crippen molar-refractivity contribution in [2.45, 2.75) is 25.7 Å². The molecule has 1 saturated carbocycles. The van der Waals surface area contributed by atoms with E-state index in [1.165, 1.54) is 0 Å². The van der Waals surface area contributed by atoms with Gasteiger partial charge in [0.05, 0.1) is 26.4 Å². The number of rotatable bonds is 9. The first-order valence-electron chi connectivity index (χ1n) is 7.78. The van der Waals surface area contributed by atoms with Gasteiger partial charge in [-0.15, -0.1) is 11.8 Å². The van der Waals surface area contributed by atoms with E-state index in [2.05, 4.69) is 21.3 Å². The molecule has 0 spiro atoms. The first kappa shape index (κ1) is 17.4. The zero-order valence-corrected chi connectivity index (χ0v) is 13.5. The Kier molecular flexibility index (Phi) is 7.88. The molecule has 0 aromatic heterocycles. The summed E-state index contributed by atoms with van der Waals surface area (Å²) >= 11 is 1.09. The van der Waals surface area contributed by atoms with E-state index in [1.807, 2.05) is 0 Å². The van der Waals surface area contributed by atoms with Gasteiger partial charge in [0.1, 0.15) is 0 Å². The van der Waals surface area contributed by atoms with Crippen LogP contribution in [0.4, 0.5) is 4.79 Å². The van der Waals surface area contributed by atoms with Gasteiger partial charge >= 0.3 is 6.09 Å². The minimum absolute atomic E-state index is 0.0208. The van der Waals surface area contributed by atoms with E-state index < -0.39 is 6.09 Å². The second kappa shape index (κ2) is 9.95. The van der Waals surface area contributed by atoms with Crippen LogP contribution in [-0.4, -0.2) is 44.2 Å². The molecule has 0 aliphatic heterocycles. The maximum absolute atomic E-state index is 11.6. The predicted octanol–water partition coefficient (Wildman–Crippen LogP) is 1.31. The fraction of sp³-hybridized carbons (Fsp3) is 0.800. The predicted molar refractivity (Wildman–Crippen MR) is 84.7 cm³/mol. The lowest BCUT2D eigenvalue weighted by atomic mass is 10.1. The average Bonchev–Trinajstić information content (AvgIpc) is 3.14. The fourth-order valence-corrected chi connectivity index (χ4v) is 3.29. The molecule has 1 fully saturated rings. The Hall–Kier alpha value is -0.940. The molecule has 0 heterocycles. The summed E-state index contributed by atoms with van der Waals surface area (Å²) in [5.74, 6) is 8.25. The van der Waals surface area contributed by atoms with Crippen LogP contribution in [0.25, 0.3) is 0 Å². The van der Waals surface area contributed by atoms with Gasteiger partial charge in [-0.1, -0.05) is 0 Å². The molecule has 0 saturated heterocycles. The lowest BCUT2D eigenvalue weighted by Crippen LogP contribution is -2.25. The summed E-state index contributed by atoms with van der Waals surface area (Å²) in [4.78, 5) is 11.6. The summed E-state index contributed by atoms with van der Waals surface area (Å²) in [5, 5.41) is 8.53. The van der Waals surface area contributed by atoms with Gasteiger partial charge in [0.2, 0.25) is 0 Å². The molecule has 0 aromatic carbocycles. The second-order valence-corrected chi connectivity index (χ2v) is 6.15. The Morgan fingerprint density at radius 3 is 2.64 bits per heavy atom. The molecule has 6 nitrogen and oxygen atoms in total. The van der Waals surface area contributed by atoms with Gasteiger partial charge < -0.3 is 14.6 Å². The lowest BCUT2D eigenvalue weighted by molar-refractivity contribution is 0.0964. The van der Waals surface area contributed by atoms with E-state index in [4.69, 9.17) is 14.6 Å². The van der Waals surface area contributed by atoms with E-state index in [9.17, 15) is 4.79 Å². The monoisotopic (exact) mass is 328 g/mol. The quantitative estimate of drug-likeness (QED) is 0.336. The molecule has 0 radical (unpaired) electrons. The van der Waals surface area contributed by atoms with Crippen molar-refractivity contribution in [2.75, 3.05) is 33.0 Å². The minimum Gasteiger partial charge on any atom is -0.449 e. The van der Waals surface area contributed by atoms with Crippen LogP contribution in [-0.2, 0) is 9.47 Å². The van der Waals surface area contributed by atoms with Crippen LogP contribution >= 0.6 is 12.1 Å². The van der Waals surface area contributed by atoms with E-state index in [-0.39, 0.29) is 6.61 Å². The highest BCUT2D eigenvalue weighted by Gasteiger charge is 2.49. The maximum atomic E-state index is 11.6. The summed E-state index contributed by atoms with van der Waals surface area (Å²) in [6.07, 6.45) is 3.81. The number of hydrogen-bond donors (Lipinski definition) is 3. The van der Waals surface area contributed by atoms with Crippen LogP contribution in [0.1, 0.15) is 25.7 Å². The molecule has 0 bridgehead atoms. The van der Waals surface area contributed by atoms with Crippen LogP contribution in [0.5, 0.6) is 0 Å². The fourth-order valence-electron chi connectivity index (χ4n) is 2.89. The van der Waals surface area contributed by atoms with Gasteiger partial charge in [0.25, 0.3) is 0 Å². The maximum Gasteiger partial charge on any atom is 0.418 e. The number of fused-ring (bicyclic) bond motifs is 1. The van der Waals surface area contributed by atoms with E-state index in [0.717, 1.165) is 37.8 Å². The van der Waals surface area contributed by atoms with E-state index in [1.54, 1.807) is 0 Å². The number of carbonyl (C=O) groups excluding carboxylic acids is 1.